The SMILES string of the molecule is COc1ccc(C(O)C(C)OC)cc1. The van der Waals surface area contributed by atoms with Crippen molar-refractivity contribution >= 4 is 0 Å². The van der Waals surface area contributed by atoms with E-state index in [0.29, 0.717) is 0 Å². The molecule has 1 rings (SSSR count). The highest BCUT2D eigenvalue weighted by Gasteiger charge is 2.15. The van der Waals surface area contributed by atoms with Gasteiger partial charge in [-0.3, -0.25) is 0 Å². The fourth-order valence-electron chi connectivity index (χ4n) is 1.20. The Morgan fingerprint density at radius 3 is 2.14 bits per heavy atom. The van der Waals surface area contributed by atoms with Crippen LogP contribution in [0.5, 0.6) is 5.75 Å². The van der Waals surface area contributed by atoms with Crippen LogP contribution in [-0.4, -0.2) is 25.4 Å². The quantitative estimate of drug-likeness (QED) is 0.797. The second-order valence-corrected chi connectivity index (χ2v) is 3.16. The van der Waals surface area contributed by atoms with E-state index in [-0.39, 0.29) is 6.10 Å². The summed E-state index contributed by atoms with van der Waals surface area (Å²) in [6, 6.07) is 7.31. The van der Waals surface area contributed by atoms with Crippen molar-refractivity contribution in [2.75, 3.05) is 14.2 Å². The summed E-state index contributed by atoms with van der Waals surface area (Å²) in [7, 11) is 3.20. The second kappa shape index (κ2) is 4.98. The molecule has 78 valence electrons. The molecule has 0 amide bonds. The van der Waals surface area contributed by atoms with Gasteiger partial charge in [-0.2, -0.15) is 0 Å². The lowest BCUT2D eigenvalue weighted by atomic mass is 10.1. The molecule has 2 atom stereocenters. The Labute approximate surface area is 84.3 Å². The van der Waals surface area contributed by atoms with E-state index in [1.54, 1.807) is 14.2 Å². The lowest BCUT2D eigenvalue weighted by molar-refractivity contribution is -0.00144. The average molecular weight is 196 g/mol. The van der Waals surface area contributed by atoms with Crippen LogP contribution in [0.25, 0.3) is 0 Å². The van der Waals surface area contributed by atoms with Crippen LogP contribution in [0.2, 0.25) is 0 Å². The molecule has 14 heavy (non-hydrogen) atoms. The monoisotopic (exact) mass is 196 g/mol. The summed E-state index contributed by atoms with van der Waals surface area (Å²) in [6.45, 7) is 1.83. The third-order valence-corrected chi connectivity index (χ3v) is 2.27. The molecule has 0 spiro atoms. The number of methoxy groups -OCH3 is 2. The molecule has 1 aromatic rings. The van der Waals surface area contributed by atoms with Gasteiger partial charge in [0, 0.05) is 7.11 Å². The first-order chi connectivity index (χ1) is 6.69. The summed E-state index contributed by atoms with van der Waals surface area (Å²) in [5, 5.41) is 9.79. The minimum absolute atomic E-state index is 0.205. The summed E-state index contributed by atoms with van der Waals surface area (Å²) in [6.07, 6.45) is -0.797. The van der Waals surface area contributed by atoms with Crippen LogP contribution in [0, 0.1) is 0 Å². The normalized spacial score (nSPS) is 14.9. The molecule has 2 unspecified atom stereocenters. The maximum absolute atomic E-state index is 9.79. The molecule has 0 saturated carbocycles. The van der Waals surface area contributed by atoms with E-state index in [2.05, 4.69) is 0 Å². The fourth-order valence-corrected chi connectivity index (χ4v) is 1.20. The van der Waals surface area contributed by atoms with Crippen LogP contribution in [0.15, 0.2) is 24.3 Å². The number of ether oxygens (including phenoxy) is 2. The number of rotatable bonds is 4. The Balaban J connectivity index is 2.75. The Kier molecular flexibility index (Phi) is 3.92. The van der Waals surface area contributed by atoms with E-state index in [1.807, 2.05) is 31.2 Å². The first-order valence-electron chi connectivity index (χ1n) is 4.54. The minimum Gasteiger partial charge on any atom is -0.497 e. The first kappa shape index (κ1) is 11.0. The van der Waals surface area contributed by atoms with Crippen molar-refractivity contribution in [3.8, 4) is 5.75 Å². The summed E-state index contributed by atoms with van der Waals surface area (Å²) >= 11 is 0. The number of hydrogen-bond acceptors (Lipinski definition) is 3. The molecule has 0 aliphatic carbocycles. The zero-order valence-corrected chi connectivity index (χ0v) is 8.73. The number of aliphatic hydroxyl groups excluding tert-OH is 1. The van der Waals surface area contributed by atoms with Gasteiger partial charge < -0.3 is 14.6 Å². The number of aliphatic hydroxyl groups is 1. The largest absolute Gasteiger partial charge is 0.497 e. The van der Waals surface area contributed by atoms with E-state index in [0.717, 1.165) is 11.3 Å². The molecule has 0 bridgehead atoms. The van der Waals surface area contributed by atoms with Crippen molar-refractivity contribution in [2.24, 2.45) is 0 Å². The highest BCUT2D eigenvalue weighted by Crippen LogP contribution is 2.21. The van der Waals surface area contributed by atoms with Gasteiger partial charge in [-0.1, -0.05) is 12.1 Å². The third-order valence-electron chi connectivity index (χ3n) is 2.27. The van der Waals surface area contributed by atoms with Crippen LogP contribution < -0.4 is 4.74 Å². The van der Waals surface area contributed by atoms with E-state index < -0.39 is 6.10 Å². The van der Waals surface area contributed by atoms with Crippen LogP contribution in [0.1, 0.15) is 18.6 Å². The molecule has 0 aliphatic rings. The van der Waals surface area contributed by atoms with E-state index in [9.17, 15) is 5.11 Å². The number of hydrogen-bond donors (Lipinski definition) is 1. The van der Waals surface area contributed by atoms with Crippen LogP contribution in [-0.2, 0) is 4.74 Å². The summed E-state index contributed by atoms with van der Waals surface area (Å²) in [4.78, 5) is 0. The highest BCUT2D eigenvalue weighted by atomic mass is 16.5. The van der Waals surface area contributed by atoms with Gasteiger partial charge >= 0.3 is 0 Å². The van der Waals surface area contributed by atoms with Gasteiger partial charge in [0.05, 0.1) is 13.2 Å². The Morgan fingerprint density at radius 1 is 1.14 bits per heavy atom. The molecule has 1 aromatic carbocycles. The standard InChI is InChI=1S/C11H16O3/c1-8(13-2)11(12)9-4-6-10(14-3)7-5-9/h4-8,11-12H,1-3H3. The smallest absolute Gasteiger partial charge is 0.118 e. The van der Waals surface area contributed by atoms with Crippen LogP contribution in [0.4, 0.5) is 0 Å². The highest BCUT2D eigenvalue weighted by molar-refractivity contribution is 5.28. The zero-order chi connectivity index (χ0) is 10.6. The number of benzene rings is 1. The molecule has 0 saturated heterocycles. The van der Waals surface area contributed by atoms with Gasteiger partial charge in [0.25, 0.3) is 0 Å². The molecule has 0 fully saturated rings. The third kappa shape index (κ3) is 2.47. The first-order valence-corrected chi connectivity index (χ1v) is 4.54. The molecule has 3 nitrogen and oxygen atoms in total. The van der Waals surface area contributed by atoms with Gasteiger partial charge in [0.1, 0.15) is 11.9 Å². The maximum Gasteiger partial charge on any atom is 0.118 e. The lowest BCUT2D eigenvalue weighted by Crippen LogP contribution is -2.16. The summed E-state index contributed by atoms with van der Waals surface area (Å²) in [5.41, 5.74) is 0.833. The lowest BCUT2D eigenvalue weighted by Gasteiger charge is -2.17. The van der Waals surface area contributed by atoms with Gasteiger partial charge in [-0.15, -0.1) is 0 Å². The predicted molar refractivity (Wildman–Crippen MR) is 54.4 cm³/mol. The van der Waals surface area contributed by atoms with Crippen molar-refractivity contribution in [3.63, 3.8) is 0 Å². The molecule has 0 radical (unpaired) electrons. The van der Waals surface area contributed by atoms with Crippen molar-refractivity contribution in [3.05, 3.63) is 29.8 Å². The molecule has 3 heteroatoms. The van der Waals surface area contributed by atoms with Crippen molar-refractivity contribution < 1.29 is 14.6 Å². The van der Waals surface area contributed by atoms with E-state index >= 15 is 0 Å². The predicted octanol–water partition coefficient (Wildman–Crippen LogP) is 1.76. The van der Waals surface area contributed by atoms with Crippen LogP contribution in [0.3, 0.4) is 0 Å². The zero-order valence-electron chi connectivity index (χ0n) is 8.73. The van der Waals surface area contributed by atoms with Crippen molar-refractivity contribution in [1.82, 2.24) is 0 Å². The Morgan fingerprint density at radius 2 is 1.71 bits per heavy atom. The van der Waals surface area contributed by atoms with Gasteiger partial charge in [0.15, 0.2) is 0 Å². The molecule has 0 heterocycles. The second-order valence-electron chi connectivity index (χ2n) is 3.16. The summed E-state index contributed by atoms with van der Waals surface area (Å²) < 4.78 is 10.1. The average Bonchev–Trinajstić information content (AvgIpc) is 2.27. The Bertz CT molecular complexity index is 268. The van der Waals surface area contributed by atoms with Gasteiger partial charge in [-0.05, 0) is 24.6 Å². The maximum atomic E-state index is 9.79. The molecule has 0 aromatic heterocycles. The van der Waals surface area contributed by atoms with Crippen molar-refractivity contribution in [2.45, 2.75) is 19.1 Å². The molecular weight excluding hydrogens is 180 g/mol. The minimum atomic E-state index is -0.592. The van der Waals surface area contributed by atoms with Crippen LogP contribution >= 0.6 is 0 Å². The Hall–Kier alpha value is -1.06. The van der Waals surface area contributed by atoms with E-state index in [1.165, 1.54) is 0 Å². The molecule has 1 N–H and O–H groups in total. The van der Waals surface area contributed by atoms with Crippen molar-refractivity contribution in [1.29, 1.82) is 0 Å². The molecular formula is C11H16O3. The van der Waals surface area contributed by atoms with Gasteiger partial charge in [0.2, 0.25) is 0 Å². The van der Waals surface area contributed by atoms with Gasteiger partial charge in [-0.25, -0.2) is 0 Å². The van der Waals surface area contributed by atoms with E-state index in [4.69, 9.17) is 9.47 Å². The molecule has 0 aliphatic heterocycles. The summed E-state index contributed by atoms with van der Waals surface area (Å²) in [5.74, 6) is 0.783. The topological polar surface area (TPSA) is 38.7 Å². The fraction of sp³-hybridized carbons (Fsp3) is 0.455.